The van der Waals surface area contributed by atoms with Gasteiger partial charge in [0.05, 0.1) is 7.11 Å². The van der Waals surface area contributed by atoms with Crippen molar-refractivity contribution in [2.75, 3.05) is 20.3 Å². The van der Waals surface area contributed by atoms with Crippen LogP contribution in [0.2, 0.25) is 0 Å². The second kappa shape index (κ2) is 7.70. The number of methoxy groups -OCH3 is 1. The van der Waals surface area contributed by atoms with Crippen molar-refractivity contribution in [2.45, 2.75) is 6.54 Å². The molecule has 0 aliphatic carbocycles. The van der Waals surface area contributed by atoms with Gasteiger partial charge in [-0.3, -0.25) is 0 Å². The summed E-state index contributed by atoms with van der Waals surface area (Å²) >= 11 is 0. The molecule has 3 aromatic carbocycles. The molecule has 0 unspecified atom stereocenters. The fourth-order valence-corrected chi connectivity index (χ4v) is 2.70. The van der Waals surface area contributed by atoms with Gasteiger partial charge in [-0.05, 0) is 29.0 Å². The molecule has 0 aliphatic heterocycles. The Labute approximate surface area is 141 Å². The third-order valence-corrected chi connectivity index (χ3v) is 3.87. The first-order chi connectivity index (χ1) is 11.8. The van der Waals surface area contributed by atoms with E-state index in [4.69, 9.17) is 19.9 Å². The van der Waals surface area contributed by atoms with Gasteiger partial charge in [0.2, 0.25) is 0 Å². The number of para-hydroxylation sites is 2. The zero-order valence-electron chi connectivity index (χ0n) is 13.7. The quantitative estimate of drug-likeness (QED) is 0.673. The van der Waals surface area contributed by atoms with Crippen molar-refractivity contribution in [1.29, 1.82) is 0 Å². The zero-order valence-corrected chi connectivity index (χ0v) is 13.7. The van der Waals surface area contributed by atoms with Gasteiger partial charge in [-0.2, -0.15) is 0 Å². The molecule has 3 rings (SSSR count). The third-order valence-electron chi connectivity index (χ3n) is 3.87. The highest BCUT2D eigenvalue weighted by Crippen LogP contribution is 2.28. The van der Waals surface area contributed by atoms with Crippen LogP contribution in [-0.4, -0.2) is 20.3 Å². The minimum absolute atomic E-state index is 0.428. The highest BCUT2D eigenvalue weighted by Gasteiger charge is 2.08. The van der Waals surface area contributed by atoms with Crippen molar-refractivity contribution in [1.82, 2.24) is 0 Å². The second-order valence-corrected chi connectivity index (χ2v) is 5.32. The Morgan fingerprint density at radius 1 is 0.750 bits per heavy atom. The van der Waals surface area contributed by atoms with Crippen LogP contribution in [0.5, 0.6) is 17.2 Å². The predicted molar refractivity (Wildman–Crippen MR) is 95.8 cm³/mol. The van der Waals surface area contributed by atoms with E-state index in [9.17, 15) is 0 Å². The van der Waals surface area contributed by atoms with Gasteiger partial charge in [0.1, 0.15) is 19.0 Å². The van der Waals surface area contributed by atoms with Crippen molar-refractivity contribution in [3.63, 3.8) is 0 Å². The molecule has 0 aromatic heterocycles. The predicted octanol–water partition coefficient (Wildman–Crippen LogP) is 3.76. The van der Waals surface area contributed by atoms with Crippen LogP contribution in [0.1, 0.15) is 5.56 Å². The molecular formula is C20H21NO3. The molecule has 0 bridgehead atoms. The number of nitrogens with two attached hydrogens (primary N) is 1. The molecule has 0 fully saturated rings. The first-order valence-corrected chi connectivity index (χ1v) is 7.93. The van der Waals surface area contributed by atoms with Crippen LogP contribution >= 0.6 is 0 Å². The number of benzene rings is 3. The van der Waals surface area contributed by atoms with E-state index in [0.717, 1.165) is 22.1 Å². The number of hydrogen-bond acceptors (Lipinski definition) is 4. The third kappa shape index (κ3) is 3.44. The molecule has 0 amide bonds. The maximum absolute atomic E-state index is 5.92. The molecule has 124 valence electrons. The molecule has 2 N–H and O–H groups in total. The zero-order chi connectivity index (χ0) is 16.8. The number of ether oxygens (including phenoxy) is 3. The van der Waals surface area contributed by atoms with Crippen molar-refractivity contribution in [2.24, 2.45) is 5.73 Å². The largest absolute Gasteiger partial charge is 0.493 e. The Bertz CT molecular complexity index is 817. The lowest BCUT2D eigenvalue weighted by atomic mass is 10.0. The molecule has 0 saturated carbocycles. The summed E-state index contributed by atoms with van der Waals surface area (Å²) in [5, 5.41) is 2.29. The number of rotatable bonds is 7. The summed E-state index contributed by atoms with van der Waals surface area (Å²) in [6.07, 6.45) is 0. The lowest BCUT2D eigenvalue weighted by Crippen LogP contribution is -2.11. The van der Waals surface area contributed by atoms with Gasteiger partial charge in [-0.25, -0.2) is 0 Å². The molecule has 24 heavy (non-hydrogen) atoms. The van der Waals surface area contributed by atoms with Crippen molar-refractivity contribution >= 4 is 10.8 Å². The van der Waals surface area contributed by atoms with Gasteiger partial charge in [-0.1, -0.05) is 42.5 Å². The summed E-state index contributed by atoms with van der Waals surface area (Å²) in [4.78, 5) is 0. The van der Waals surface area contributed by atoms with E-state index in [1.165, 1.54) is 0 Å². The van der Waals surface area contributed by atoms with Crippen LogP contribution in [-0.2, 0) is 6.54 Å². The summed E-state index contributed by atoms with van der Waals surface area (Å²) in [7, 11) is 1.63. The molecule has 0 heterocycles. The van der Waals surface area contributed by atoms with Crippen LogP contribution in [0.4, 0.5) is 0 Å². The summed E-state index contributed by atoms with van der Waals surface area (Å²) in [6, 6.07) is 19.7. The van der Waals surface area contributed by atoms with E-state index < -0.39 is 0 Å². The van der Waals surface area contributed by atoms with E-state index in [-0.39, 0.29) is 0 Å². The van der Waals surface area contributed by atoms with E-state index in [1.807, 2.05) is 48.5 Å². The molecular weight excluding hydrogens is 302 g/mol. The smallest absolute Gasteiger partial charge is 0.161 e. The fraction of sp³-hybridized carbons (Fsp3) is 0.200. The summed E-state index contributed by atoms with van der Waals surface area (Å²) in [6.45, 7) is 1.30. The van der Waals surface area contributed by atoms with Crippen molar-refractivity contribution < 1.29 is 14.2 Å². The highest BCUT2D eigenvalue weighted by molar-refractivity contribution is 5.87. The molecule has 0 atom stereocenters. The number of hydrogen-bond donors (Lipinski definition) is 1. The van der Waals surface area contributed by atoms with Gasteiger partial charge in [0.25, 0.3) is 0 Å². The van der Waals surface area contributed by atoms with Gasteiger partial charge < -0.3 is 19.9 Å². The Kier molecular flexibility index (Phi) is 5.18. The lowest BCUT2D eigenvalue weighted by Gasteiger charge is -2.14. The van der Waals surface area contributed by atoms with E-state index >= 15 is 0 Å². The minimum atomic E-state index is 0.428. The Morgan fingerprint density at radius 3 is 2.17 bits per heavy atom. The topological polar surface area (TPSA) is 53.7 Å². The van der Waals surface area contributed by atoms with Gasteiger partial charge in [-0.15, -0.1) is 0 Å². The Hall–Kier alpha value is -2.72. The maximum atomic E-state index is 5.92. The van der Waals surface area contributed by atoms with E-state index in [2.05, 4.69) is 12.1 Å². The van der Waals surface area contributed by atoms with Crippen molar-refractivity contribution in [3.8, 4) is 17.2 Å². The van der Waals surface area contributed by atoms with Crippen LogP contribution in [0, 0.1) is 0 Å². The maximum Gasteiger partial charge on any atom is 0.161 e. The molecule has 0 radical (unpaired) electrons. The first kappa shape index (κ1) is 16.1. The molecule has 0 spiro atoms. The molecule has 3 aromatic rings. The fourth-order valence-electron chi connectivity index (χ4n) is 2.70. The molecule has 0 saturated heterocycles. The SMILES string of the molecule is COc1ccccc1OCCOc1ccc2ccccc2c1CN. The first-order valence-electron chi connectivity index (χ1n) is 7.93. The monoisotopic (exact) mass is 323 g/mol. The summed E-state index contributed by atoms with van der Waals surface area (Å²) < 4.78 is 16.9. The highest BCUT2D eigenvalue weighted by atomic mass is 16.5. The molecule has 4 nitrogen and oxygen atoms in total. The lowest BCUT2D eigenvalue weighted by molar-refractivity contribution is 0.210. The Balaban J connectivity index is 1.66. The van der Waals surface area contributed by atoms with E-state index in [0.29, 0.717) is 31.3 Å². The van der Waals surface area contributed by atoms with Crippen LogP contribution in [0.25, 0.3) is 10.8 Å². The van der Waals surface area contributed by atoms with Crippen LogP contribution in [0.3, 0.4) is 0 Å². The van der Waals surface area contributed by atoms with Crippen LogP contribution < -0.4 is 19.9 Å². The molecule has 0 aliphatic rings. The van der Waals surface area contributed by atoms with Gasteiger partial charge in [0.15, 0.2) is 11.5 Å². The standard InChI is InChI=1S/C20H21NO3/c1-22-19-8-4-5-9-20(19)24-13-12-23-18-11-10-15-6-2-3-7-16(15)17(18)14-21/h2-11H,12-14,21H2,1H3. The van der Waals surface area contributed by atoms with Crippen molar-refractivity contribution in [3.05, 3.63) is 66.2 Å². The molecule has 4 heteroatoms. The average molecular weight is 323 g/mol. The van der Waals surface area contributed by atoms with Gasteiger partial charge >= 0.3 is 0 Å². The minimum Gasteiger partial charge on any atom is -0.493 e. The summed E-state index contributed by atoms with van der Waals surface area (Å²) in [5.41, 5.74) is 6.94. The second-order valence-electron chi connectivity index (χ2n) is 5.32. The van der Waals surface area contributed by atoms with Crippen LogP contribution in [0.15, 0.2) is 60.7 Å². The Morgan fingerprint density at radius 2 is 1.42 bits per heavy atom. The normalized spacial score (nSPS) is 10.6. The average Bonchev–Trinajstić information content (AvgIpc) is 2.65. The number of fused-ring (bicyclic) bond motifs is 1. The van der Waals surface area contributed by atoms with Gasteiger partial charge in [0, 0.05) is 12.1 Å². The van der Waals surface area contributed by atoms with E-state index in [1.54, 1.807) is 7.11 Å². The summed E-state index contributed by atoms with van der Waals surface area (Å²) in [5.74, 6) is 2.23.